The summed E-state index contributed by atoms with van der Waals surface area (Å²) >= 11 is 5.15. The zero-order valence-electron chi connectivity index (χ0n) is 14.2. The molecule has 0 aliphatic rings. The van der Waals surface area contributed by atoms with Crippen LogP contribution in [0, 0.1) is 6.92 Å². The maximum atomic E-state index is 12.5. The summed E-state index contributed by atoms with van der Waals surface area (Å²) in [6.45, 7) is 4.73. The van der Waals surface area contributed by atoms with Gasteiger partial charge in [0.15, 0.2) is 5.11 Å². The molecule has 0 bridgehead atoms. The number of nitrogens with zero attached hydrogens (tertiary/aromatic N) is 3. The van der Waals surface area contributed by atoms with E-state index in [2.05, 4.69) is 22.8 Å². The summed E-state index contributed by atoms with van der Waals surface area (Å²) in [4.78, 5) is 12.5. The van der Waals surface area contributed by atoms with Crippen LogP contribution >= 0.6 is 12.2 Å². The number of rotatable bonds is 6. The van der Waals surface area contributed by atoms with Crippen molar-refractivity contribution in [1.82, 2.24) is 20.1 Å². The standard InChI is InChI=1S/C17H23N5OS/c1-4-5-11-18-17(24)20-19-12-15-13(2)16(23)22(21(15)3)14-9-7-6-8-10-14/h6-10,12H,4-5,11H2,1-3H3,(H2,18,20,24)/b19-12-. The third-order valence-electron chi connectivity index (χ3n) is 3.72. The lowest BCUT2D eigenvalue weighted by atomic mass is 10.3. The highest BCUT2D eigenvalue weighted by molar-refractivity contribution is 7.80. The van der Waals surface area contributed by atoms with Gasteiger partial charge >= 0.3 is 0 Å². The number of hydrazone groups is 1. The van der Waals surface area contributed by atoms with Gasteiger partial charge in [-0.2, -0.15) is 5.10 Å². The predicted octanol–water partition coefficient (Wildman–Crippen LogP) is 2.08. The Morgan fingerprint density at radius 1 is 1.33 bits per heavy atom. The fourth-order valence-corrected chi connectivity index (χ4v) is 2.52. The third-order valence-corrected chi connectivity index (χ3v) is 3.95. The molecule has 1 aromatic heterocycles. The Hall–Kier alpha value is -2.41. The molecule has 7 heteroatoms. The lowest BCUT2D eigenvalue weighted by molar-refractivity contribution is 0.642. The Morgan fingerprint density at radius 3 is 2.71 bits per heavy atom. The highest BCUT2D eigenvalue weighted by atomic mass is 32.1. The smallest absolute Gasteiger partial charge is 0.274 e. The van der Waals surface area contributed by atoms with E-state index in [1.165, 1.54) is 0 Å². The van der Waals surface area contributed by atoms with Gasteiger partial charge in [0, 0.05) is 19.2 Å². The Balaban J connectivity index is 2.16. The molecule has 1 aromatic carbocycles. The molecule has 0 unspecified atom stereocenters. The molecule has 128 valence electrons. The van der Waals surface area contributed by atoms with Gasteiger partial charge in [-0.1, -0.05) is 31.5 Å². The zero-order valence-corrected chi connectivity index (χ0v) is 15.1. The second-order valence-electron chi connectivity index (χ2n) is 5.47. The van der Waals surface area contributed by atoms with Gasteiger partial charge in [-0.05, 0) is 37.7 Å². The monoisotopic (exact) mass is 345 g/mol. The second-order valence-corrected chi connectivity index (χ2v) is 5.87. The van der Waals surface area contributed by atoms with Crippen LogP contribution in [0.3, 0.4) is 0 Å². The van der Waals surface area contributed by atoms with Gasteiger partial charge in [0.05, 0.1) is 17.6 Å². The second kappa shape index (κ2) is 8.44. The van der Waals surface area contributed by atoms with Crippen LogP contribution in [0.1, 0.15) is 31.0 Å². The largest absolute Gasteiger partial charge is 0.361 e. The summed E-state index contributed by atoms with van der Waals surface area (Å²) in [6, 6.07) is 9.52. The van der Waals surface area contributed by atoms with Gasteiger partial charge in [0.2, 0.25) is 0 Å². The summed E-state index contributed by atoms with van der Waals surface area (Å²) in [7, 11) is 1.83. The number of hydrogen-bond acceptors (Lipinski definition) is 3. The van der Waals surface area contributed by atoms with Gasteiger partial charge < -0.3 is 5.32 Å². The quantitative estimate of drug-likeness (QED) is 0.364. The van der Waals surface area contributed by atoms with Crippen LogP contribution in [0.5, 0.6) is 0 Å². The predicted molar refractivity (Wildman–Crippen MR) is 102 cm³/mol. The molecule has 24 heavy (non-hydrogen) atoms. The van der Waals surface area contributed by atoms with Gasteiger partial charge in [0.1, 0.15) is 0 Å². The summed E-state index contributed by atoms with van der Waals surface area (Å²) in [6.07, 6.45) is 3.77. The van der Waals surface area contributed by atoms with Crippen LogP contribution in [-0.2, 0) is 7.05 Å². The molecule has 0 aliphatic heterocycles. The minimum Gasteiger partial charge on any atom is -0.361 e. The van der Waals surface area contributed by atoms with Crippen molar-refractivity contribution in [3.8, 4) is 5.69 Å². The number of benzene rings is 1. The van der Waals surface area contributed by atoms with E-state index in [0.717, 1.165) is 30.8 Å². The molecule has 0 fully saturated rings. The van der Waals surface area contributed by atoms with Crippen molar-refractivity contribution in [1.29, 1.82) is 0 Å². The highest BCUT2D eigenvalue weighted by Gasteiger charge is 2.13. The highest BCUT2D eigenvalue weighted by Crippen LogP contribution is 2.08. The van der Waals surface area contributed by atoms with Gasteiger partial charge in [-0.15, -0.1) is 0 Å². The summed E-state index contributed by atoms with van der Waals surface area (Å²) in [5.41, 5.74) is 4.90. The van der Waals surface area contributed by atoms with E-state index in [-0.39, 0.29) is 5.56 Å². The molecule has 0 aliphatic carbocycles. The van der Waals surface area contributed by atoms with E-state index in [0.29, 0.717) is 10.7 Å². The first kappa shape index (κ1) is 17.9. The Labute approximate surface area is 147 Å². The van der Waals surface area contributed by atoms with Crippen LogP contribution < -0.4 is 16.3 Å². The van der Waals surface area contributed by atoms with Crippen molar-refractivity contribution in [2.45, 2.75) is 26.7 Å². The molecular weight excluding hydrogens is 322 g/mol. The normalized spacial score (nSPS) is 11.0. The van der Waals surface area contributed by atoms with Crippen molar-refractivity contribution in [2.75, 3.05) is 6.54 Å². The number of hydrogen-bond donors (Lipinski definition) is 2. The number of nitrogens with one attached hydrogen (secondary N) is 2. The van der Waals surface area contributed by atoms with E-state index < -0.39 is 0 Å². The lowest BCUT2D eigenvalue weighted by Crippen LogP contribution is -2.32. The van der Waals surface area contributed by atoms with E-state index in [9.17, 15) is 4.79 Å². The van der Waals surface area contributed by atoms with Crippen molar-refractivity contribution in [3.05, 3.63) is 51.9 Å². The van der Waals surface area contributed by atoms with Crippen molar-refractivity contribution >= 4 is 23.5 Å². The molecule has 2 rings (SSSR count). The molecule has 2 aromatic rings. The number of thiocarbonyl (C=S) groups is 1. The maximum Gasteiger partial charge on any atom is 0.274 e. The van der Waals surface area contributed by atoms with E-state index >= 15 is 0 Å². The van der Waals surface area contributed by atoms with Crippen LogP contribution in [0.25, 0.3) is 5.69 Å². The average molecular weight is 345 g/mol. The van der Waals surface area contributed by atoms with Crippen LogP contribution in [0.15, 0.2) is 40.2 Å². The van der Waals surface area contributed by atoms with Crippen molar-refractivity contribution < 1.29 is 0 Å². The number of para-hydroxylation sites is 1. The molecule has 0 amide bonds. The Kier molecular flexibility index (Phi) is 6.31. The summed E-state index contributed by atoms with van der Waals surface area (Å²) < 4.78 is 3.40. The van der Waals surface area contributed by atoms with E-state index in [1.54, 1.807) is 22.5 Å². The molecule has 0 saturated heterocycles. The minimum absolute atomic E-state index is 0.0613. The first-order valence-electron chi connectivity index (χ1n) is 7.97. The third kappa shape index (κ3) is 4.11. The Morgan fingerprint density at radius 2 is 2.04 bits per heavy atom. The first-order valence-corrected chi connectivity index (χ1v) is 8.38. The molecule has 0 radical (unpaired) electrons. The zero-order chi connectivity index (χ0) is 17.5. The van der Waals surface area contributed by atoms with E-state index in [1.807, 2.05) is 37.4 Å². The molecule has 0 atom stereocenters. The van der Waals surface area contributed by atoms with Crippen LogP contribution in [-0.4, -0.2) is 27.2 Å². The molecule has 1 heterocycles. The van der Waals surface area contributed by atoms with E-state index in [4.69, 9.17) is 12.2 Å². The topological polar surface area (TPSA) is 63.4 Å². The fourth-order valence-electron chi connectivity index (χ4n) is 2.37. The molecule has 6 nitrogen and oxygen atoms in total. The molecule has 2 N–H and O–H groups in total. The molecule has 0 saturated carbocycles. The molecular formula is C17H23N5OS. The van der Waals surface area contributed by atoms with Crippen molar-refractivity contribution in [3.63, 3.8) is 0 Å². The fraction of sp³-hybridized carbons (Fsp3) is 0.353. The van der Waals surface area contributed by atoms with Crippen molar-refractivity contribution in [2.24, 2.45) is 12.1 Å². The summed E-state index contributed by atoms with van der Waals surface area (Å²) in [5, 5.41) is 7.69. The minimum atomic E-state index is -0.0613. The maximum absolute atomic E-state index is 12.5. The van der Waals surface area contributed by atoms with Crippen LogP contribution in [0.2, 0.25) is 0 Å². The SMILES string of the molecule is CCCCNC(=S)N/N=C\c1c(C)c(=O)n(-c2ccccc2)n1C. The first-order chi connectivity index (χ1) is 11.6. The Bertz CT molecular complexity index is 776. The number of unbranched alkanes of at least 4 members (excludes halogenated alkanes) is 1. The number of aromatic nitrogens is 2. The lowest BCUT2D eigenvalue weighted by Gasteiger charge is -2.08. The summed E-state index contributed by atoms with van der Waals surface area (Å²) in [5.74, 6) is 0. The average Bonchev–Trinajstić information content (AvgIpc) is 2.79. The molecule has 0 spiro atoms. The van der Waals surface area contributed by atoms with Gasteiger partial charge in [-0.25, -0.2) is 4.68 Å². The van der Waals surface area contributed by atoms with Gasteiger partial charge in [-0.3, -0.25) is 14.9 Å². The van der Waals surface area contributed by atoms with Crippen LogP contribution in [0.4, 0.5) is 0 Å². The van der Waals surface area contributed by atoms with Gasteiger partial charge in [0.25, 0.3) is 5.56 Å².